The van der Waals surface area contributed by atoms with E-state index in [1.54, 1.807) is 14.1 Å². The van der Waals surface area contributed by atoms with Crippen LogP contribution >= 0.6 is 0 Å². The fourth-order valence-corrected chi connectivity index (χ4v) is 0.663. The second kappa shape index (κ2) is 5.57. The highest BCUT2D eigenvalue weighted by atomic mass is 16.5. The number of ether oxygens (including phenoxy) is 1. The summed E-state index contributed by atoms with van der Waals surface area (Å²) in [4.78, 5) is 22.8. The van der Waals surface area contributed by atoms with Crippen molar-refractivity contribution in [2.75, 3.05) is 20.7 Å². The molecule has 0 aliphatic rings. The second-order valence-corrected chi connectivity index (χ2v) is 2.73. The molecule has 0 aliphatic carbocycles. The zero-order valence-electron chi connectivity index (χ0n) is 7.79. The molecule has 4 heteroatoms. The lowest BCUT2D eigenvalue weighted by atomic mass is 10.3. The SMILES string of the molecule is CC(=O)OCCCC(=O)N(C)C. The van der Waals surface area contributed by atoms with Crippen molar-refractivity contribution >= 4 is 11.9 Å². The van der Waals surface area contributed by atoms with Gasteiger partial charge in [-0.15, -0.1) is 0 Å². The van der Waals surface area contributed by atoms with Crippen LogP contribution in [0.15, 0.2) is 0 Å². The van der Waals surface area contributed by atoms with Gasteiger partial charge in [-0.2, -0.15) is 0 Å². The Morgan fingerprint density at radius 1 is 1.33 bits per heavy atom. The summed E-state index contributed by atoms with van der Waals surface area (Å²) in [6, 6.07) is 0. The summed E-state index contributed by atoms with van der Waals surface area (Å²) in [7, 11) is 3.41. The molecule has 0 radical (unpaired) electrons. The number of nitrogens with zero attached hydrogens (tertiary/aromatic N) is 1. The van der Waals surface area contributed by atoms with E-state index in [1.807, 2.05) is 0 Å². The van der Waals surface area contributed by atoms with E-state index < -0.39 is 0 Å². The topological polar surface area (TPSA) is 46.6 Å². The van der Waals surface area contributed by atoms with Crippen molar-refractivity contribution in [3.63, 3.8) is 0 Å². The van der Waals surface area contributed by atoms with Crippen LogP contribution in [0.1, 0.15) is 19.8 Å². The quantitative estimate of drug-likeness (QED) is 0.457. The Hall–Kier alpha value is -1.06. The molecule has 0 fully saturated rings. The van der Waals surface area contributed by atoms with Crippen molar-refractivity contribution in [1.82, 2.24) is 4.90 Å². The molecule has 1 amide bonds. The molecule has 0 aromatic rings. The van der Waals surface area contributed by atoms with Crippen LogP contribution in [0.2, 0.25) is 0 Å². The van der Waals surface area contributed by atoms with Crippen LogP contribution in [0.3, 0.4) is 0 Å². The zero-order valence-corrected chi connectivity index (χ0v) is 7.79. The number of carbonyl (C=O) groups excluding carboxylic acids is 2. The van der Waals surface area contributed by atoms with Gasteiger partial charge in [-0.25, -0.2) is 0 Å². The summed E-state index contributed by atoms with van der Waals surface area (Å²) in [5, 5.41) is 0. The maximum absolute atomic E-state index is 11.0. The van der Waals surface area contributed by atoms with Gasteiger partial charge >= 0.3 is 5.97 Å². The van der Waals surface area contributed by atoms with Gasteiger partial charge in [0.15, 0.2) is 0 Å². The van der Waals surface area contributed by atoms with Gasteiger partial charge in [0, 0.05) is 27.4 Å². The summed E-state index contributed by atoms with van der Waals surface area (Å²) >= 11 is 0. The van der Waals surface area contributed by atoms with Crippen LogP contribution in [0.4, 0.5) is 0 Å². The van der Waals surface area contributed by atoms with Crippen LogP contribution in [0.25, 0.3) is 0 Å². The van der Waals surface area contributed by atoms with E-state index in [9.17, 15) is 9.59 Å². The number of rotatable bonds is 4. The molecule has 0 saturated heterocycles. The predicted molar refractivity (Wildman–Crippen MR) is 44.6 cm³/mol. The molecular weight excluding hydrogens is 158 g/mol. The number of amides is 1. The third-order valence-electron chi connectivity index (χ3n) is 1.34. The Balaban J connectivity index is 3.32. The molecular formula is C8H15NO3. The van der Waals surface area contributed by atoms with Gasteiger partial charge in [0.1, 0.15) is 0 Å². The highest BCUT2D eigenvalue weighted by Crippen LogP contribution is 1.94. The summed E-state index contributed by atoms with van der Waals surface area (Å²) in [6.45, 7) is 1.68. The van der Waals surface area contributed by atoms with E-state index >= 15 is 0 Å². The normalized spacial score (nSPS) is 9.25. The first-order chi connectivity index (χ1) is 5.54. The van der Waals surface area contributed by atoms with Crippen molar-refractivity contribution in [2.24, 2.45) is 0 Å². The molecule has 0 saturated carbocycles. The molecule has 12 heavy (non-hydrogen) atoms. The summed E-state index contributed by atoms with van der Waals surface area (Å²) < 4.78 is 4.66. The van der Waals surface area contributed by atoms with E-state index in [0.29, 0.717) is 19.4 Å². The minimum absolute atomic E-state index is 0.0575. The molecule has 4 nitrogen and oxygen atoms in total. The average Bonchev–Trinajstić information content (AvgIpc) is 1.97. The lowest BCUT2D eigenvalue weighted by Gasteiger charge is -2.09. The molecule has 0 unspecified atom stereocenters. The Kier molecular flexibility index (Phi) is 5.08. The lowest BCUT2D eigenvalue weighted by molar-refractivity contribution is -0.141. The minimum Gasteiger partial charge on any atom is -0.466 e. The molecule has 0 rings (SSSR count). The fourth-order valence-electron chi connectivity index (χ4n) is 0.663. The molecule has 0 aromatic heterocycles. The monoisotopic (exact) mass is 173 g/mol. The first-order valence-corrected chi connectivity index (χ1v) is 3.87. The Bertz CT molecular complexity index is 166. The number of esters is 1. The number of hydrogen-bond donors (Lipinski definition) is 0. The minimum atomic E-state index is -0.299. The molecule has 0 aliphatic heterocycles. The largest absolute Gasteiger partial charge is 0.466 e. The smallest absolute Gasteiger partial charge is 0.302 e. The molecule has 0 spiro atoms. The summed E-state index contributed by atoms with van der Waals surface area (Å²) in [5.74, 6) is -0.241. The highest BCUT2D eigenvalue weighted by Gasteiger charge is 2.03. The standard InChI is InChI=1S/C8H15NO3/c1-7(10)12-6-4-5-8(11)9(2)3/h4-6H2,1-3H3. The van der Waals surface area contributed by atoms with Crippen LogP contribution < -0.4 is 0 Å². The fraction of sp³-hybridized carbons (Fsp3) is 0.750. The average molecular weight is 173 g/mol. The molecule has 0 aromatic carbocycles. The van der Waals surface area contributed by atoms with Crippen molar-refractivity contribution in [1.29, 1.82) is 0 Å². The first kappa shape index (κ1) is 10.9. The van der Waals surface area contributed by atoms with Gasteiger partial charge in [-0.1, -0.05) is 0 Å². The Morgan fingerprint density at radius 2 is 1.92 bits per heavy atom. The van der Waals surface area contributed by atoms with Gasteiger partial charge in [0.05, 0.1) is 6.61 Å². The summed E-state index contributed by atoms with van der Waals surface area (Å²) in [5.41, 5.74) is 0. The van der Waals surface area contributed by atoms with E-state index in [2.05, 4.69) is 4.74 Å². The van der Waals surface area contributed by atoms with Crippen molar-refractivity contribution in [3.8, 4) is 0 Å². The van der Waals surface area contributed by atoms with Crippen molar-refractivity contribution in [2.45, 2.75) is 19.8 Å². The van der Waals surface area contributed by atoms with Gasteiger partial charge in [0.25, 0.3) is 0 Å². The predicted octanol–water partition coefficient (Wildman–Crippen LogP) is 0.418. The number of hydrogen-bond acceptors (Lipinski definition) is 3. The maximum Gasteiger partial charge on any atom is 0.302 e. The lowest BCUT2D eigenvalue weighted by Crippen LogP contribution is -2.21. The molecule has 0 bridgehead atoms. The Labute approximate surface area is 72.5 Å². The summed E-state index contributed by atoms with van der Waals surface area (Å²) in [6.07, 6.45) is 1.02. The van der Waals surface area contributed by atoms with E-state index in [-0.39, 0.29) is 11.9 Å². The van der Waals surface area contributed by atoms with Crippen LogP contribution in [-0.2, 0) is 14.3 Å². The van der Waals surface area contributed by atoms with E-state index in [4.69, 9.17) is 0 Å². The van der Waals surface area contributed by atoms with Crippen LogP contribution in [-0.4, -0.2) is 37.5 Å². The van der Waals surface area contributed by atoms with Crippen LogP contribution in [0.5, 0.6) is 0 Å². The van der Waals surface area contributed by atoms with Gasteiger partial charge in [-0.05, 0) is 6.42 Å². The van der Waals surface area contributed by atoms with Gasteiger partial charge in [0.2, 0.25) is 5.91 Å². The van der Waals surface area contributed by atoms with Gasteiger partial charge in [-0.3, -0.25) is 9.59 Å². The number of carbonyl (C=O) groups is 2. The molecule has 0 heterocycles. The molecule has 0 N–H and O–H groups in total. The van der Waals surface area contributed by atoms with Crippen LogP contribution in [0, 0.1) is 0 Å². The maximum atomic E-state index is 11.0. The van der Waals surface area contributed by atoms with E-state index in [0.717, 1.165) is 0 Å². The second-order valence-electron chi connectivity index (χ2n) is 2.73. The first-order valence-electron chi connectivity index (χ1n) is 3.87. The third kappa shape index (κ3) is 5.70. The molecule has 0 atom stereocenters. The van der Waals surface area contributed by atoms with Gasteiger partial charge < -0.3 is 9.64 Å². The highest BCUT2D eigenvalue weighted by molar-refractivity contribution is 5.75. The zero-order chi connectivity index (χ0) is 9.56. The van der Waals surface area contributed by atoms with Crippen molar-refractivity contribution in [3.05, 3.63) is 0 Å². The Morgan fingerprint density at radius 3 is 2.33 bits per heavy atom. The molecule has 70 valence electrons. The van der Waals surface area contributed by atoms with Crippen molar-refractivity contribution < 1.29 is 14.3 Å². The van der Waals surface area contributed by atoms with E-state index in [1.165, 1.54) is 11.8 Å². The third-order valence-corrected chi connectivity index (χ3v) is 1.34.